The second-order valence-electron chi connectivity index (χ2n) is 6.75. The van der Waals surface area contributed by atoms with Crippen molar-refractivity contribution in [3.8, 4) is 5.75 Å². The molecule has 148 valence electrons. The SMILES string of the molecule is CCNC(=NCc1cccc(OCC)c1)N1CCS(=O)(=O)C(C)(C)C1.I. The van der Waals surface area contributed by atoms with Crippen molar-refractivity contribution in [3.05, 3.63) is 29.8 Å². The number of ether oxygens (including phenoxy) is 1. The number of hydrogen-bond donors (Lipinski definition) is 1. The Labute approximate surface area is 174 Å². The smallest absolute Gasteiger partial charge is 0.194 e. The molecule has 0 radical (unpaired) electrons. The lowest BCUT2D eigenvalue weighted by molar-refractivity contribution is 0.340. The molecule has 26 heavy (non-hydrogen) atoms. The van der Waals surface area contributed by atoms with Crippen LogP contribution in [0.5, 0.6) is 5.75 Å². The normalized spacial score (nSPS) is 18.8. The average Bonchev–Trinajstić information content (AvgIpc) is 2.55. The Hall–Kier alpha value is -1.03. The molecule has 0 saturated carbocycles. The molecule has 0 aromatic heterocycles. The third-order valence-corrected chi connectivity index (χ3v) is 6.83. The molecule has 1 aromatic rings. The van der Waals surface area contributed by atoms with Crippen LogP contribution >= 0.6 is 24.0 Å². The summed E-state index contributed by atoms with van der Waals surface area (Å²) in [5.41, 5.74) is 1.06. The first-order valence-corrected chi connectivity index (χ1v) is 10.4. The van der Waals surface area contributed by atoms with Crippen molar-refractivity contribution < 1.29 is 13.2 Å². The van der Waals surface area contributed by atoms with E-state index < -0.39 is 14.6 Å². The Bertz CT molecular complexity index is 720. The van der Waals surface area contributed by atoms with Gasteiger partial charge in [0.1, 0.15) is 5.75 Å². The van der Waals surface area contributed by atoms with Crippen molar-refractivity contribution >= 4 is 39.8 Å². The van der Waals surface area contributed by atoms with Crippen molar-refractivity contribution in [1.29, 1.82) is 0 Å². The molecule has 1 aliphatic heterocycles. The summed E-state index contributed by atoms with van der Waals surface area (Å²) in [6, 6.07) is 7.89. The highest BCUT2D eigenvalue weighted by Crippen LogP contribution is 2.24. The molecule has 0 unspecified atom stereocenters. The van der Waals surface area contributed by atoms with E-state index >= 15 is 0 Å². The summed E-state index contributed by atoms with van der Waals surface area (Å²) in [5, 5.41) is 3.28. The van der Waals surface area contributed by atoms with Gasteiger partial charge in [-0.2, -0.15) is 0 Å². The molecule has 6 nitrogen and oxygen atoms in total. The number of halogens is 1. The number of sulfone groups is 1. The summed E-state index contributed by atoms with van der Waals surface area (Å²) in [6.07, 6.45) is 0. The topological polar surface area (TPSA) is 71.0 Å². The molecule has 1 heterocycles. The first-order valence-electron chi connectivity index (χ1n) is 8.76. The fourth-order valence-electron chi connectivity index (χ4n) is 2.82. The minimum Gasteiger partial charge on any atom is -0.494 e. The van der Waals surface area contributed by atoms with E-state index in [1.165, 1.54) is 0 Å². The lowest BCUT2D eigenvalue weighted by atomic mass is 10.2. The minimum atomic E-state index is -3.06. The van der Waals surface area contributed by atoms with Gasteiger partial charge in [-0.15, -0.1) is 24.0 Å². The van der Waals surface area contributed by atoms with Gasteiger partial charge in [0.05, 0.1) is 23.7 Å². The number of guanidine groups is 1. The van der Waals surface area contributed by atoms with Crippen LogP contribution in [0.25, 0.3) is 0 Å². The van der Waals surface area contributed by atoms with Crippen molar-refractivity contribution in [2.24, 2.45) is 4.99 Å². The average molecular weight is 495 g/mol. The number of nitrogens with one attached hydrogen (secondary N) is 1. The van der Waals surface area contributed by atoms with E-state index in [0.29, 0.717) is 26.2 Å². The van der Waals surface area contributed by atoms with E-state index in [1.54, 1.807) is 13.8 Å². The van der Waals surface area contributed by atoms with Crippen LogP contribution in [0.15, 0.2) is 29.3 Å². The first-order chi connectivity index (χ1) is 11.8. The Morgan fingerprint density at radius 2 is 2.08 bits per heavy atom. The standard InChI is InChI=1S/C18H29N3O3S.HI/c1-5-19-17(21-10-11-25(22,23)18(3,4)14-21)20-13-15-8-7-9-16(12-15)24-6-2;/h7-9,12H,5-6,10-11,13-14H2,1-4H3,(H,19,20);1H. The lowest BCUT2D eigenvalue weighted by Gasteiger charge is -2.39. The fourth-order valence-corrected chi connectivity index (χ4v) is 4.18. The van der Waals surface area contributed by atoms with Crippen LogP contribution in [0, 0.1) is 0 Å². The summed E-state index contributed by atoms with van der Waals surface area (Å²) in [6.45, 7) is 10.3. The fraction of sp³-hybridized carbons (Fsp3) is 0.611. The molecule has 1 N–H and O–H groups in total. The number of rotatable bonds is 5. The Balaban J connectivity index is 0.00000338. The molecule has 2 rings (SSSR count). The molecule has 1 fully saturated rings. The zero-order valence-electron chi connectivity index (χ0n) is 16.0. The van der Waals surface area contributed by atoms with Crippen LogP contribution in [0.2, 0.25) is 0 Å². The largest absolute Gasteiger partial charge is 0.494 e. The third-order valence-electron chi connectivity index (χ3n) is 4.30. The molecule has 0 atom stereocenters. The second kappa shape index (κ2) is 9.77. The molecule has 0 aliphatic carbocycles. The van der Waals surface area contributed by atoms with Crippen molar-refractivity contribution in [1.82, 2.24) is 10.2 Å². The van der Waals surface area contributed by atoms with E-state index in [9.17, 15) is 8.42 Å². The molecule has 0 bridgehead atoms. The first kappa shape index (κ1) is 23.0. The summed E-state index contributed by atoms with van der Waals surface area (Å²) in [5.74, 6) is 1.75. The van der Waals surface area contributed by atoms with E-state index in [4.69, 9.17) is 9.73 Å². The molecule has 1 saturated heterocycles. The van der Waals surface area contributed by atoms with Gasteiger partial charge in [-0.3, -0.25) is 0 Å². The summed E-state index contributed by atoms with van der Waals surface area (Å²) in [7, 11) is -3.06. The zero-order valence-corrected chi connectivity index (χ0v) is 19.1. The van der Waals surface area contributed by atoms with Gasteiger partial charge in [0.25, 0.3) is 0 Å². The summed E-state index contributed by atoms with van der Waals surface area (Å²) < 4.78 is 29.2. The molecule has 0 amide bonds. The lowest BCUT2D eigenvalue weighted by Crippen LogP contribution is -2.57. The Kier molecular flexibility index (Phi) is 8.65. The third kappa shape index (κ3) is 5.73. The van der Waals surface area contributed by atoms with Gasteiger partial charge in [0.15, 0.2) is 15.8 Å². The predicted molar refractivity (Wildman–Crippen MR) is 117 cm³/mol. The van der Waals surface area contributed by atoms with Crippen LogP contribution in [0.1, 0.15) is 33.3 Å². The van der Waals surface area contributed by atoms with Crippen LogP contribution in [0.4, 0.5) is 0 Å². The quantitative estimate of drug-likeness (QED) is 0.387. The second-order valence-corrected chi connectivity index (χ2v) is 9.49. The van der Waals surface area contributed by atoms with Crippen molar-refractivity contribution in [3.63, 3.8) is 0 Å². The van der Waals surface area contributed by atoms with Crippen LogP contribution in [-0.2, 0) is 16.4 Å². The predicted octanol–water partition coefficient (Wildman–Crippen LogP) is 2.68. The van der Waals surface area contributed by atoms with Crippen LogP contribution in [-0.4, -0.2) is 56.0 Å². The van der Waals surface area contributed by atoms with Gasteiger partial charge < -0.3 is 15.0 Å². The number of nitrogens with zero attached hydrogens (tertiary/aromatic N) is 2. The zero-order chi connectivity index (χ0) is 18.5. The van der Waals surface area contributed by atoms with E-state index in [2.05, 4.69) is 5.32 Å². The number of hydrogen-bond acceptors (Lipinski definition) is 4. The number of benzene rings is 1. The highest BCUT2D eigenvalue weighted by atomic mass is 127. The van der Waals surface area contributed by atoms with Gasteiger partial charge in [-0.05, 0) is 45.4 Å². The van der Waals surface area contributed by atoms with E-state index in [0.717, 1.165) is 23.8 Å². The maximum Gasteiger partial charge on any atom is 0.194 e. The molecular weight excluding hydrogens is 465 g/mol. The van der Waals surface area contributed by atoms with Gasteiger partial charge in [-0.25, -0.2) is 13.4 Å². The van der Waals surface area contributed by atoms with Gasteiger partial charge in [-0.1, -0.05) is 12.1 Å². The highest BCUT2D eigenvalue weighted by Gasteiger charge is 2.40. The molecule has 1 aliphatic rings. The summed E-state index contributed by atoms with van der Waals surface area (Å²) >= 11 is 0. The van der Waals surface area contributed by atoms with Gasteiger partial charge in [0.2, 0.25) is 0 Å². The summed E-state index contributed by atoms with van der Waals surface area (Å²) in [4.78, 5) is 6.74. The number of aliphatic imine (C=N–C) groups is 1. The molecule has 1 aromatic carbocycles. The molecule has 0 spiro atoms. The maximum atomic E-state index is 12.2. The monoisotopic (exact) mass is 495 g/mol. The Morgan fingerprint density at radius 3 is 2.69 bits per heavy atom. The van der Waals surface area contributed by atoms with E-state index in [-0.39, 0.29) is 29.7 Å². The minimum absolute atomic E-state index is 0. The highest BCUT2D eigenvalue weighted by molar-refractivity contribution is 14.0. The van der Waals surface area contributed by atoms with Gasteiger partial charge >= 0.3 is 0 Å². The Morgan fingerprint density at radius 1 is 1.35 bits per heavy atom. The van der Waals surface area contributed by atoms with Crippen LogP contribution < -0.4 is 10.1 Å². The van der Waals surface area contributed by atoms with Crippen molar-refractivity contribution in [2.45, 2.75) is 39.0 Å². The van der Waals surface area contributed by atoms with Gasteiger partial charge in [0, 0.05) is 19.6 Å². The van der Waals surface area contributed by atoms with Crippen LogP contribution in [0.3, 0.4) is 0 Å². The maximum absolute atomic E-state index is 12.2. The van der Waals surface area contributed by atoms with Crippen molar-refractivity contribution in [2.75, 3.05) is 32.0 Å². The van der Waals surface area contributed by atoms with E-state index in [1.807, 2.05) is 43.0 Å². The molecular formula is C18H30IN3O3S. The molecule has 8 heteroatoms.